The Labute approximate surface area is 123 Å². The van der Waals surface area contributed by atoms with Gasteiger partial charge in [-0.1, -0.05) is 42.2 Å². The van der Waals surface area contributed by atoms with E-state index in [1.165, 1.54) is 0 Å². The molecule has 1 N–H and O–H groups in total. The first-order chi connectivity index (χ1) is 10.1. The van der Waals surface area contributed by atoms with Gasteiger partial charge < -0.3 is 5.11 Å². The number of carbonyl (C=O) groups excluding carboxylic acids is 1. The molecule has 0 amide bonds. The molecule has 0 aliphatic rings. The van der Waals surface area contributed by atoms with Gasteiger partial charge >= 0.3 is 5.97 Å². The molecule has 112 valence electrons. The maximum absolute atomic E-state index is 11.9. The van der Waals surface area contributed by atoms with Crippen LogP contribution in [0.4, 0.5) is 0 Å². The average molecular weight is 289 g/mol. The molecule has 0 saturated carbocycles. The smallest absolute Gasteiger partial charge is 0.303 e. The SMILES string of the molecule is [N-]=[N+]=NCc1ccc(C(=O)CCCCCCC(=O)O)cc1. The molecule has 0 fully saturated rings. The molecule has 21 heavy (non-hydrogen) atoms. The highest BCUT2D eigenvalue weighted by atomic mass is 16.4. The summed E-state index contributed by atoms with van der Waals surface area (Å²) in [6, 6.07) is 7.06. The molecule has 0 bridgehead atoms. The predicted octanol–water partition coefficient (Wildman–Crippen LogP) is 4.10. The van der Waals surface area contributed by atoms with Gasteiger partial charge in [0, 0.05) is 23.3 Å². The molecule has 0 unspecified atom stereocenters. The number of carbonyl (C=O) groups is 2. The number of rotatable bonds is 10. The number of Topliss-reactive ketones (excluding diaryl/α,β-unsaturated/α-hetero) is 1. The third-order valence-electron chi connectivity index (χ3n) is 3.14. The van der Waals surface area contributed by atoms with Crippen molar-refractivity contribution in [3.05, 3.63) is 45.8 Å². The molecule has 6 heteroatoms. The molecule has 0 radical (unpaired) electrons. The second kappa shape index (κ2) is 9.55. The van der Waals surface area contributed by atoms with Gasteiger partial charge in [0.25, 0.3) is 0 Å². The van der Waals surface area contributed by atoms with E-state index in [1.807, 2.05) is 0 Å². The Morgan fingerprint density at radius 1 is 1.05 bits per heavy atom. The van der Waals surface area contributed by atoms with Gasteiger partial charge in [-0.2, -0.15) is 0 Å². The van der Waals surface area contributed by atoms with E-state index in [2.05, 4.69) is 10.0 Å². The Morgan fingerprint density at radius 2 is 1.67 bits per heavy atom. The Hall–Kier alpha value is -2.33. The summed E-state index contributed by atoms with van der Waals surface area (Å²) in [5, 5.41) is 12.0. The van der Waals surface area contributed by atoms with Crippen LogP contribution in [-0.4, -0.2) is 16.9 Å². The maximum atomic E-state index is 11.9. The minimum Gasteiger partial charge on any atom is -0.481 e. The molecule has 1 aromatic rings. The van der Waals surface area contributed by atoms with Crippen molar-refractivity contribution in [3.63, 3.8) is 0 Å². The van der Waals surface area contributed by atoms with Crippen molar-refractivity contribution >= 4 is 11.8 Å². The molecule has 0 aliphatic heterocycles. The van der Waals surface area contributed by atoms with Crippen LogP contribution < -0.4 is 0 Å². The second-order valence-corrected chi connectivity index (χ2v) is 4.82. The van der Waals surface area contributed by atoms with Crippen LogP contribution in [0.1, 0.15) is 54.4 Å². The molecule has 0 saturated heterocycles. The fourth-order valence-electron chi connectivity index (χ4n) is 1.97. The molecule has 1 rings (SSSR count). The highest BCUT2D eigenvalue weighted by Gasteiger charge is 2.05. The quantitative estimate of drug-likeness (QED) is 0.230. The summed E-state index contributed by atoms with van der Waals surface area (Å²) < 4.78 is 0. The first-order valence-electron chi connectivity index (χ1n) is 6.98. The lowest BCUT2D eigenvalue weighted by molar-refractivity contribution is -0.137. The number of carboxylic acid groups (broad SMARTS) is 1. The van der Waals surface area contributed by atoms with Gasteiger partial charge in [-0.25, -0.2) is 0 Å². The largest absolute Gasteiger partial charge is 0.481 e. The number of aliphatic carboxylic acids is 1. The van der Waals surface area contributed by atoms with Crippen molar-refractivity contribution < 1.29 is 14.7 Å². The van der Waals surface area contributed by atoms with Crippen molar-refractivity contribution in [2.24, 2.45) is 5.11 Å². The summed E-state index contributed by atoms with van der Waals surface area (Å²) in [6.45, 7) is 0.286. The fourth-order valence-corrected chi connectivity index (χ4v) is 1.97. The predicted molar refractivity (Wildman–Crippen MR) is 79.0 cm³/mol. The van der Waals surface area contributed by atoms with Gasteiger partial charge in [-0.15, -0.1) is 0 Å². The van der Waals surface area contributed by atoms with Crippen LogP contribution in [-0.2, 0) is 11.3 Å². The normalized spacial score (nSPS) is 9.90. The maximum Gasteiger partial charge on any atom is 0.303 e. The summed E-state index contributed by atoms with van der Waals surface area (Å²) in [6.07, 6.45) is 3.82. The third kappa shape index (κ3) is 7.13. The summed E-state index contributed by atoms with van der Waals surface area (Å²) in [5.41, 5.74) is 9.76. The Kier molecular flexibility index (Phi) is 7.61. The zero-order valence-corrected chi connectivity index (χ0v) is 11.9. The van der Waals surface area contributed by atoms with Crippen LogP contribution in [0.15, 0.2) is 29.4 Å². The highest BCUT2D eigenvalue weighted by Crippen LogP contribution is 2.12. The minimum absolute atomic E-state index is 0.0866. The standard InChI is InChI=1S/C15H19N3O3/c16-18-17-11-12-7-9-13(10-8-12)14(19)5-3-1-2-4-6-15(20)21/h7-10H,1-6,11H2,(H,20,21). The Morgan fingerprint density at radius 3 is 2.24 bits per heavy atom. The van der Waals surface area contributed by atoms with Crippen LogP contribution in [0, 0.1) is 0 Å². The zero-order valence-electron chi connectivity index (χ0n) is 11.9. The van der Waals surface area contributed by atoms with E-state index in [0.717, 1.165) is 24.8 Å². The van der Waals surface area contributed by atoms with Crippen molar-refractivity contribution in [2.75, 3.05) is 0 Å². The molecule has 0 aromatic heterocycles. The molecular weight excluding hydrogens is 270 g/mol. The Bertz CT molecular complexity index is 519. The number of ketones is 1. The van der Waals surface area contributed by atoms with Crippen molar-refractivity contribution in [1.29, 1.82) is 0 Å². The van der Waals surface area contributed by atoms with Crippen molar-refractivity contribution in [3.8, 4) is 0 Å². The monoisotopic (exact) mass is 289 g/mol. The lowest BCUT2D eigenvalue weighted by Gasteiger charge is -2.03. The molecule has 1 aromatic carbocycles. The summed E-state index contributed by atoms with van der Waals surface area (Å²) in [4.78, 5) is 25.0. The van der Waals surface area contributed by atoms with E-state index in [4.69, 9.17) is 10.6 Å². The van der Waals surface area contributed by atoms with E-state index in [-0.39, 0.29) is 18.7 Å². The zero-order chi connectivity index (χ0) is 15.5. The van der Waals surface area contributed by atoms with Gasteiger partial charge in [-0.05, 0) is 23.9 Å². The van der Waals surface area contributed by atoms with E-state index in [1.54, 1.807) is 24.3 Å². The number of hydrogen-bond acceptors (Lipinski definition) is 3. The topological polar surface area (TPSA) is 103 Å². The van der Waals surface area contributed by atoms with Crippen LogP contribution in [0.5, 0.6) is 0 Å². The lowest BCUT2D eigenvalue weighted by Crippen LogP contribution is -1.99. The van der Waals surface area contributed by atoms with Crippen LogP contribution >= 0.6 is 0 Å². The molecule has 0 atom stereocenters. The first-order valence-corrected chi connectivity index (χ1v) is 6.98. The highest BCUT2D eigenvalue weighted by molar-refractivity contribution is 5.96. The minimum atomic E-state index is -0.771. The summed E-state index contributed by atoms with van der Waals surface area (Å²) in [5.74, 6) is -0.685. The van der Waals surface area contributed by atoms with Crippen molar-refractivity contribution in [2.45, 2.75) is 45.1 Å². The summed E-state index contributed by atoms with van der Waals surface area (Å²) >= 11 is 0. The molecule has 0 aliphatic carbocycles. The third-order valence-corrected chi connectivity index (χ3v) is 3.14. The second-order valence-electron chi connectivity index (χ2n) is 4.82. The van der Waals surface area contributed by atoms with Crippen LogP contribution in [0.25, 0.3) is 10.4 Å². The fraction of sp³-hybridized carbons (Fsp3) is 0.467. The van der Waals surface area contributed by atoms with Crippen LogP contribution in [0.3, 0.4) is 0 Å². The number of hydrogen-bond donors (Lipinski definition) is 1. The molecule has 6 nitrogen and oxygen atoms in total. The molecule has 0 heterocycles. The average Bonchev–Trinajstić information content (AvgIpc) is 2.48. The number of unbranched alkanes of at least 4 members (excludes halogenated alkanes) is 3. The molecular formula is C15H19N3O3. The van der Waals surface area contributed by atoms with Gasteiger partial charge in [-0.3, -0.25) is 9.59 Å². The van der Waals surface area contributed by atoms with Gasteiger partial charge in [0.05, 0.1) is 6.54 Å². The number of azide groups is 1. The van der Waals surface area contributed by atoms with E-state index < -0.39 is 5.97 Å². The lowest BCUT2D eigenvalue weighted by atomic mass is 10.0. The summed E-state index contributed by atoms with van der Waals surface area (Å²) in [7, 11) is 0. The van der Waals surface area contributed by atoms with Crippen LogP contribution in [0.2, 0.25) is 0 Å². The van der Waals surface area contributed by atoms with E-state index in [9.17, 15) is 9.59 Å². The number of nitrogens with zero attached hydrogens (tertiary/aromatic N) is 3. The number of benzene rings is 1. The van der Waals surface area contributed by atoms with Gasteiger partial charge in [0.1, 0.15) is 0 Å². The first kappa shape index (κ1) is 16.7. The van der Waals surface area contributed by atoms with Gasteiger partial charge in [0.2, 0.25) is 0 Å². The number of carboxylic acids is 1. The van der Waals surface area contributed by atoms with Gasteiger partial charge in [0.15, 0.2) is 5.78 Å². The Balaban J connectivity index is 2.28. The van der Waals surface area contributed by atoms with Crippen molar-refractivity contribution in [1.82, 2.24) is 0 Å². The van der Waals surface area contributed by atoms with E-state index in [0.29, 0.717) is 18.4 Å². The van der Waals surface area contributed by atoms with E-state index >= 15 is 0 Å². The molecule has 0 spiro atoms.